The Morgan fingerprint density at radius 2 is 1.63 bits per heavy atom. The van der Waals surface area contributed by atoms with Gasteiger partial charge in [-0.05, 0) is 18.1 Å². The van der Waals surface area contributed by atoms with Gasteiger partial charge in [-0.25, -0.2) is 4.79 Å². The summed E-state index contributed by atoms with van der Waals surface area (Å²) in [7, 11) is 1.26. The first-order chi connectivity index (χ1) is 12.9. The number of hydrogen-bond acceptors (Lipinski definition) is 4. The summed E-state index contributed by atoms with van der Waals surface area (Å²) in [5, 5.41) is 11.2. The van der Waals surface area contributed by atoms with Gasteiger partial charge in [0.2, 0.25) is 0 Å². The van der Waals surface area contributed by atoms with Crippen molar-refractivity contribution >= 4 is 11.9 Å². The highest BCUT2D eigenvalue weighted by atomic mass is 16.5. The molecule has 1 amide bonds. The van der Waals surface area contributed by atoms with Crippen LogP contribution in [0.3, 0.4) is 0 Å². The fraction of sp³-hybridized carbons (Fsp3) is 0.273. The molecule has 0 spiro atoms. The van der Waals surface area contributed by atoms with Gasteiger partial charge in [0.25, 0.3) is 5.91 Å². The summed E-state index contributed by atoms with van der Waals surface area (Å²) in [6.07, 6.45) is 0. The molecule has 140 valence electrons. The quantitative estimate of drug-likeness (QED) is 0.486. The third-order valence-corrected chi connectivity index (χ3v) is 5.20. The third kappa shape index (κ3) is 3.26. The molecule has 0 aliphatic carbocycles. The molecule has 0 aromatic heterocycles. The first kappa shape index (κ1) is 18.9. The second-order valence-electron chi connectivity index (χ2n) is 6.80. The lowest BCUT2D eigenvalue weighted by molar-refractivity contribution is -0.183. The van der Waals surface area contributed by atoms with Gasteiger partial charge in [-0.3, -0.25) is 4.79 Å². The van der Waals surface area contributed by atoms with Crippen molar-refractivity contribution in [1.82, 2.24) is 4.90 Å². The summed E-state index contributed by atoms with van der Waals surface area (Å²) in [6, 6.07) is 18.4. The van der Waals surface area contributed by atoms with E-state index in [1.165, 1.54) is 7.11 Å². The molecule has 27 heavy (non-hydrogen) atoms. The Morgan fingerprint density at radius 1 is 1.11 bits per heavy atom. The smallest absolute Gasteiger partial charge is 0.333 e. The maximum absolute atomic E-state index is 13.0. The van der Waals surface area contributed by atoms with E-state index in [1.54, 1.807) is 29.2 Å². The van der Waals surface area contributed by atoms with Gasteiger partial charge in [0.05, 0.1) is 25.6 Å². The fourth-order valence-corrected chi connectivity index (χ4v) is 3.66. The lowest BCUT2D eigenvalue weighted by Crippen LogP contribution is -2.69. The summed E-state index contributed by atoms with van der Waals surface area (Å²) in [4.78, 5) is 26.7. The molecule has 0 unspecified atom stereocenters. The monoisotopic (exact) mass is 365 g/mol. The molecule has 1 fully saturated rings. The number of hydrogen-bond donors (Lipinski definition) is 1. The number of rotatable bonds is 6. The number of esters is 1. The van der Waals surface area contributed by atoms with E-state index >= 15 is 0 Å². The lowest BCUT2D eigenvalue weighted by atomic mass is 9.71. The minimum Gasteiger partial charge on any atom is -0.466 e. The van der Waals surface area contributed by atoms with Gasteiger partial charge in [0.15, 0.2) is 5.60 Å². The minimum absolute atomic E-state index is 0.0616. The van der Waals surface area contributed by atoms with Gasteiger partial charge in [0, 0.05) is 5.57 Å². The van der Waals surface area contributed by atoms with Crippen LogP contribution < -0.4 is 0 Å². The molecule has 3 atom stereocenters. The number of nitrogens with zero attached hydrogens (tertiary/aromatic N) is 1. The molecule has 1 aliphatic heterocycles. The number of β-amino-alcohol motifs (C(OH)–C–C–N with tert-alkyl or cyclic N) is 1. The van der Waals surface area contributed by atoms with Crippen LogP contribution in [-0.4, -0.2) is 41.1 Å². The molecule has 3 rings (SSSR count). The van der Waals surface area contributed by atoms with Crippen molar-refractivity contribution in [3.8, 4) is 0 Å². The first-order valence-electron chi connectivity index (χ1n) is 8.80. The number of amides is 1. The van der Waals surface area contributed by atoms with E-state index in [-0.39, 0.29) is 18.2 Å². The normalized spacial score (nSPS) is 21.1. The number of methoxy groups -OCH3 is 1. The molecule has 5 nitrogen and oxygen atoms in total. The Labute approximate surface area is 158 Å². The first-order valence-corrected chi connectivity index (χ1v) is 8.80. The van der Waals surface area contributed by atoms with Crippen LogP contribution in [0.25, 0.3) is 0 Å². The Kier molecular flexibility index (Phi) is 5.15. The van der Waals surface area contributed by atoms with E-state index in [0.29, 0.717) is 5.56 Å². The largest absolute Gasteiger partial charge is 0.466 e. The van der Waals surface area contributed by atoms with Crippen LogP contribution in [-0.2, 0) is 14.3 Å². The second kappa shape index (κ2) is 7.37. The van der Waals surface area contributed by atoms with Gasteiger partial charge in [0.1, 0.15) is 0 Å². The Bertz CT molecular complexity index is 849. The molecule has 2 aromatic rings. The number of β-lactam (4-membered cyclic amide) rings is 1. The van der Waals surface area contributed by atoms with Gasteiger partial charge in [-0.1, -0.05) is 67.2 Å². The summed E-state index contributed by atoms with van der Waals surface area (Å²) < 4.78 is 4.78. The Morgan fingerprint density at radius 3 is 2.11 bits per heavy atom. The number of likely N-dealkylation sites (tertiary alicyclic amines) is 1. The van der Waals surface area contributed by atoms with Crippen LogP contribution in [0, 0.1) is 0 Å². The van der Waals surface area contributed by atoms with Gasteiger partial charge in [-0.15, -0.1) is 0 Å². The van der Waals surface area contributed by atoms with Crippen LogP contribution >= 0.6 is 0 Å². The zero-order chi connectivity index (χ0) is 19.6. The predicted molar refractivity (Wildman–Crippen MR) is 102 cm³/mol. The molecule has 0 saturated carbocycles. The maximum Gasteiger partial charge on any atom is 0.333 e. The maximum atomic E-state index is 13.0. The van der Waals surface area contributed by atoms with E-state index in [4.69, 9.17) is 4.74 Å². The number of ether oxygens (including phenoxy) is 1. The molecule has 1 N–H and O–H groups in total. The van der Waals surface area contributed by atoms with Crippen molar-refractivity contribution in [2.24, 2.45) is 0 Å². The summed E-state index contributed by atoms with van der Waals surface area (Å²) in [5.74, 6) is -1.92. The average Bonchev–Trinajstić information content (AvgIpc) is 2.72. The van der Waals surface area contributed by atoms with Crippen LogP contribution in [0.5, 0.6) is 0 Å². The van der Waals surface area contributed by atoms with E-state index in [1.807, 2.05) is 43.3 Å². The molecule has 0 bridgehead atoms. The van der Waals surface area contributed by atoms with Crippen molar-refractivity contribution in [2.45, 2.75) is 24.5 Å². The molecule has 5 heteroatoms. The number of aliphatic hydroxyl groups is 1. The standard InChI is InChI=1S/C22H23NO4/c1-15(20(24)27-3)19(18-12-8-5-9-13-18)22(26)14-23(21(22)25)16(2)17-10-6-4-7-11-17/h4-13,16,19,26H,1,14H2,2-3H3/t16-,19-,22-/m0/s1. The second-order valence-corrected chi connectivity index (χ2v) is 6.80. The zero-order valence-corrected chi connectivity index (χ0v) is 15.5. The molecular formula is C22H23NO4. The van der Waals surface area contributed by atoms with E-state index in [2.05, 4.69) is 6.58 Å². The predicted octanol–water partition coefficient (Wildman–Crippen LogP) is 2.83. The van der Waals surface area contributed by atoms with Crippen molar-refractivity contribution in [3.05, 3.63) is 83.9 Å². The van der Waals surface area contributed by atoms with Crippen molar-refractivity contribution in [2.75, 3.05) is 13.7 Å². The third-order valence-electron chi connectivity index (χ3n) is 5.20. The summed E-state index contributed by atoms with van der Waals surface area (Å²) in [6.45, 7) is 5.83. The van der Waals surface area contributed by atoms with Gasteiger partial charge in [-0.2, -0.15) is 0 Å². The number of carbonyl (C=O) groups is 2. The van der Waals surface area contributed by atoms with Crippen molar-refractivity contribution in [3.63, 3.8) is 0 Å². The van der Waals surface area contributed by atoms with Crippen LogP contribution in [0.4, 0.5) is 0 Å². The topological polar surface area (TPSA) is 66.8 Å². The van der Waals surface area contributed by atoms with Crippen molar-refractivity contribution < 1.29 is 19.4 Å². The molecule has 1 aliphatic rings. The van der Waals surface area contributed by atoms with Gasteiger partial charge >= 0.3 is 5.97 Å². The SMILES string of the molecule is C=C(C(=O)OC)[C@@H](c1ccccc1)[C@@]1(O)CN([C@@H](C)c2ccccc2)C1=O. The molecule has 2 aromatic carbocycles. The van der Waals surface area contributed by atoms with Crippen LogP contribution in [0.1, 0.15) is 30.0 Å². The van der Waals surface area contributed by atoms with E-state index < -0.39 is 23.4 Å². The zero-order valence-electron chi connectivity index (χ0n) is 15.5. The highest BCUT2D eigenvalue weighted by Crippen LogP contribution is 2.44. The lowest BCUT2D eigenvalue weighted by Gasteiger charge is -2.51. The fourth-order valence-electron chi connectivity index (χ4n) is 3.66. The molecular weight excluding hydrogens is 342 g/mol. The molecule has 1 saturated heterocycles. The highest BCUT2D eigenvalue weighted by molar-refractivity contribution is 5.98. The van der Waals surface area contributed by atoms with Crippen LogP contribution in [0.15, 0.2) is 72.8 Å². The number of benzene rings is 2. The minimum atomic E-state index is -1.73. The van der Waals surface area contributed by atoms with Gasteiger partial charge < -0.3 is 14.7 Å². The summed E-state index contributed by atoms with van der Waals surface area (Å²) >= 11 is 0. The average molecular weight is 365 g/mol. The van der Waals surface area contributed by atoms with Crippen LogP contribution in [0.2, 0.25) is 0 Å². The Balaban J connectivity index is 1.91. The molecule has 1 heterocycles. The van der Waals surface area contributed by atoms with E-state index in [0.717, 1.165) is 5.56 Å². The number of carbonyl (C=O) groups excluding carboxylic acids is 2. The van der Waals surface area contributed by atoms with E-state index in [9.17, 15) is 14.7 Å². The summed E-state index contributed by atoms with van der Waals surface area (Å²) in [5.41, 5.74) is -0.0337. The van der Waals surface area contributed by atoms with Crippen molar-refractivity contribution in [1.29, 1.82) is 0 Å². The highest BCUT2D eigenvalue weighted by Gasteiger charge is 2.59. The Hall–Kier alpha value is -2.92. The molecule has 0 radical (unpaired) electrons.